The van der Waals surface area contributed by atoms with E-state index < -0.39 is 0 Å². The third-order valence-corrected chi connectivity index (χ3v) is 3.36. The Morgan fingerprint density at radius 1 is 1.37 bits per heavy atom. The minimum absolute atomic E-state index is 0.0974. The number of carbonyl (C=O) groups is 1. The molecule has 1 aromatic rings. The average molecular weight is 263 g/mol. The van der Waals surface area contributed by atoms with Gasteiger partial charge < -0.3 is 20.9 Å². The van der Waals surface area contributed by atoms with Gasteiger partial charge in [-0.1, -0.05) is 5.16 Å². The fourth-order valence-electron chi connectivity index (χ4n) is 2.27. The molecule has 6 nitrogen and oxygen atoms in total. The Kier molecular flexibility index (Phi) is 3.89. The van der Waals surface area contributed by atoms with E-state index in [-0.39, 0.29) is 23.4 Å². The van der Waals surface area contributed by atoms with E-state index in [1.54, 1.807) is 17.0 Å². The van der Waals surface area contributed by atoms with Gasteiger partial charge in [-0.25, -0.2) is 0 Å². The van der Waals surface area contributed by atoms with E-state index in [4.69, 9.17) is 10.9 Å². The van der Waals surface area contributed by atoms with Crippen molar-refractivity contribution >= 4 is 11.7 Å². The van der Waals surface area contributed by atoms with Gasteiger partial charge in [-0.2, -0.15) is 0 Å². The molecular weight excluding hydrogens is 246 g/mol. The maximum Gasteiger partial charge on any atom is 0.253 e. The Morgan fingerprint density at radius 2 is 2.05 bits per heavy atom. The maximum atomic E-state index is 12.3. The van der Waals surface area contributed by atoms with Crippen LogP contribution in [-0.2, 0) is 0 Å². The molecule has 0 saturated carbocycles. The molecule has 1 heterocycles. The molecule has 0 aliphatic carbocycles. The van der Waals surface area contributed by atoms with Crippen LogP contribution < -0.4 is 5.73 Å². The van der Waals surface area contributed by atoms with Crippen LogP contribution in [0.25, 0.3) is 0 Å². The SMILES string of the molecule is NC(=NO)C1CCCN(C(=O)c2ccc(O)cc2)C1. The summed E-state index contributed by atoms with van der Waals surface area (Å²) >= 11 is 0. The van der Waals surface area contributed by atoms with Gasteiger partial charge >= 0.3 is 0 Å². The quantitative estimate of drug-likeness (QED) is 0.320. The number of aromatic hydroxyl groups is 1. The summed E-state index contributed by atoms with van der Waals surface area (Å²) in [6, 6.07) is 6.14. The van der Waals surface area contributed by atoms with Gasteiger partial charge in [-0.05, 0) is 37.1 Å². The largest absolute Gasteiger partial charge is 0.508 e. The van der Waals surface area contributed by atoms with Gasteiger partial charge in [0.1, 0.15) is 11.6 Å². The fraction of sp³-hybridized carbons (Fsp3) is 0.385. The lowest BCUT2D eigenvalue weighted by molar-refractivity contribution is 0.0701. The zero-order valence-corrected chi connectivity index (χ0v) is 10.5. The molecule has 1 atom stereocenters. The van der Waals surface area contributed by atoms with Crippen LogP contribution in [0.4, 0.5) is 0 Å². The van der Waals surface area contributed by atoms with E-state index in [0.717, 1.165) is 12.8 Å². The second-order valence-electron chi connectivity index (χ2n) is 4.66. The maximum absolute atomic E-state index is 12.3. The van der Waals surface area contributed by atoms with Gasteiger partial charge in [0, 0.05) is 24.6 Å². The molecule has 2 rings (SSSR count). The molecule has 1 saturated heterocycles. The lowest BCUT2D eigenvalue weighted by Crippen LogP contribution is -2.44. The predicted molar refractivity (Wildman–Crippen MR) is 70.1 cm³/mol. The number of likely N-dealkylation sites (tertiary alicyclic amines) is 1. The molecule has 1 aliphatic rings. The topological polar surface area (TPSA) is 99.2 Å². The van der Waals surface area contributed by atoms with Crippen molar-refractivity contribution in [3.05, 3.63) is 29.8 Å². The Hall–Kier alpha value is -2.24. The number of amides is 1. The molecule has 1 amide bonds. The molecular formula is C13H17N3O3. The highest BCUT2D eigenvalue weighted by Crippen LogP contribution is 2.19. The van der Waals surface area contributed by atoms with E-state index in [9.17, 15) is 9.90 Å². The number of carbonyl (C=O) groups excluding carboxylic acids is 1. The number of amidine groups is 1. The third kappa shape index (κ3) is 2.96. The highest BCUT2D eigenvalue weighted by Gasteiger charge is 2.26. The van der Waals surface area contributed by atoms with Crippen LogP contribution >= 0.6 is 0 Å². The molecule has 0 radical (unpaired) electrons. The van der Waals surface area contributed by atoms with Gasteiger partial charge in [0.2, 0.25) is 0 Å². The third-order valence-electron chi connectivity index (χ3n) is 3.36. The highest BCUT2D eigenvalue weighted by atomic mass is 16.4. The van der Waals surface area contributed by atoms with Crippen molar-refractivity contribution in [1.82, 2.24) is 4.90 Å². The number of rotatable bonds is 2. The molecule has 1 unspecified atom stereocenters. The van der Waals surface area contributed by atoms with Crippen LogP contribution in [0.1, 0.15) is 23.2 Å². The molecule has 19 heavy (non-hydrogen) atoms. The number of nitrogens with two attached hydrogens (primary N) is 1. The van der Waals surface area contributed by atoms with Crippen LogP contribution in [-0.4, -0.2) is 40.0 Å². The van der Waals surface area contributed by atoms with Crippen LogP contribution in [0.3, 0.4) is 0 Å². The van der Waals surface area contributed by atoms with Crippen molar-refractivity contribution in [2.24, 2.45) is 16.8 Å². The van der Waals surface area contributed by atoms with Crippen molar-refractivity contribution < 1.29 is 15.1 Å². The summed E-state index contributed by atoms with van der Waals surface area (Å²) in [6.45, 7) is 1.12. The monoisotopic (exact) mass is 263 g/mol. The van der Waals surface area contributed by atoms with Crippen LogP contribution in [0, 0.1) is 5.92 Å². The lowest BCUT2D eigenvalue weighted by atomic mass is 9.96. The summed E-state index contributed by atoms with van der Waals surface area (Å²) in [5, 5.41) is 20.9. The molecule has 6 heteroatoms. The number of hydrogen-bond acceptors (Lipinski definition) is 4. The summed E-state index contributed by atoms with van der Waals surface area (Å²) in [4.78, 5) is 14.0. The fourth-order valence-corrected chi connectivity index (χ4v) is 2.27. The molecule has 1 fully saturated rings. The smallest absolute Gasteiger partial charge is 0.253 e. The minimum Gasteiger partial charge on any atom is -0.508 e. The summed E-state index contributed by atoms with van der Waals surface area (Å²) < 4.78 is 0. The van der Waals surface area contributed by atoms with Gasteiger partial charge in [0.15, 0.2) is 0 Å². The normalized spacial score (nSPS) is 20.3. The van der Waals surface area contributed by atoms with E-state index in [2.05, 4.69) is 5.16 Å². The first-order chi connectivity index (χ1) is 9.11. The summed E-state index contributed by atoms with van der Waals surface area (Å²) in [5.41, 5.74) is 6.12. The number of benzene rings is 1. The summed E-state index contributed by atoms with van der Waals surface area (Å²) in [6.07, 6.45) is 1.64. The van der Waals surface area contributed by atoms with Crippen molar-refractivity contribution in [3.8, 4) is 5.75 Å². The Morgan fingerprint density at radius 3 is 2.68 bits per heavy atom. The minimum atomic E-state index is -0.101. The predicted octanol–water partition coefficient (Wildman–Crippen LogP) is 0.991. The van der Waals surface area contributed by atoms with E-state index >= 15 is 0 Å². The van der Waals surface area contributed by atoms with Gasteiger partial charge in [-0.15, -0.1) is 0 Å². The molecule has 0 spiro atoms. The van der Waals surface area contributed by atoms with Crippen LogP contribution in [0.15, 0.2) is 29.4 Å². The van der Waals surface area contributed by atoms with E-state index in [1.165, 1.54) is 12.1 Å². The first-order valence-electron chi connectivity index (χ1n) is 6.17. The van der Waals surface area contributed by atoms with Crippen molar-refractivity contribution in [2.75, 3.05) is 13.1 Å². The summed E-state index contributed by atoms with van der Waals surface area (Å²) in [5.74, 6) is 0.100. The standard InChI is InChI=1S/C13H17N3O3/c14-12(15-19)10-2-1-7-16(8-10)13(18)9-3-5-11(17)6-4-9/h3-6,10,17,19H,1-2,7-8H2,(H2,14,15). The molecule has 0 aromatic heterocycles. The number of piperidine rings is 1. The first-order valence-corrected chi connectivity index (χ1v) is 6.17. The molecule has 0 bridgehead atoms. The number of hydrogen-bond donors (Lipinski definition) is 3. The van der Waals surface area contributed by atoms with Gasteiger partial charge in [0.25, 0.3) is 5.91 Å². The molecule has 1 aromatic carbocycles. The Bertz CT molecular complexity index is 484. The van der Waals surface area contributed by atoms with Gasteiger partial charge in [0.05, 0.1) is 0 Å². The van der Waals surface area contributed by atoms with Crippen molar-refractivity contribution in [2.45, 2.75) is 12.8 Å². The number of nitrogens with zero attached hydrogens (tertiary/aromatic N) is 2. The second kappa shape index (κ2) is 5.60. The summed E-state index contributed by atoms with van der Waals surface area (Å²) in [7, 11) is 0. The zero-order chi connectivity index (χ0) is 13.8. The van der Waals surface area contributed by atoms with Crippen molar-refractivity contribution in [3.63, 3.8) is 0 Å². The Labute approximate surface area is 111 Å². The number of phenols is 1. The van der Waals surface area contributed by atoms with Gasteiger partial charge in [-0.3, -0.25) is 4.79 Å². The van der Waals surface area contributed by atoms with E-state index in [0.29, 0.717) is 18.7 Å². The highest BCUT2D eigenvalue weighted by molar-refractivity contribution is 5.95. The van der Waals surface area contributed by atoms with E-state index in [1.807, 2.05) is 0 Å². The lowest BCUT2D eigenvalue weighted by Gasteiger charge is -2.32. The number of oxime groups is 1. The molecule has 1 aliphatic heterocycles. The zero-order valence-electron chi connectivity index (χ0n) is 10.5. The second-order valence-corrected chi connectivity index (χ2v) is 4.66. The van der Waals surface area contributed by atoms with Crippen molar-refractivity contribution in [1.29, 1.82) is 0 Å². The molecule has 102 valence electrons. The number of phenolic OH excluding ortho intramolecular Hbond substituents is 1. The average Bonchev–Trinajstić information content (AvgIpc) is 2.46. The Balaban J connectivity index is 2.09. The van der Waals surface area contributed by atoms with Crippen LogP contribution in [0.2, 0.25) is 0 Å². The first kappa shape index (κ1) is 13.2. The molecule has 4 N–H and O–H groups in total. The van der Waals surface area contributed by atoms with Crippen LogP contribution in [0.5, 0.6) is 5.75 Å².